The number of carbonyl (C=O) groups is 2. The van der Waals surface area contributed by atoms with Crippen LogP contribution in [0.15, 0.2) is 42.7 Å². The minimum absolute atomic E-state index is 0.278. The zero-order chi connectivity index (χ0) is 25.9. The van der Waals surface area contributed by atoms with E-state index < -0.39 is 23.8 Å². The molecule has 0 saturated carbocycles. The molecular formula is C24H20F3N5O3S. The smallest absolute Gasteiger partial charge is 0.391 e. The molecular weight excluding hydrogens is 495 g/mol. The van der Waals surface area contributed by atoms with Gasteiger partial charge in [-0.1, -0.05) is 23.3 Å². The molecule has 1 aliphatic rings. The van der Waals surface area contributed by atoms with Gasteiger partial charge in [-0.2, -0.15) is 13.2 Å². The third kappa shape index (κ3) is 6.18. The third-order valence-corrected chi connectivity index (χ3v) is 6.13. The second-order valence-electron chi connectivity index (χ2n) is 8.01. The third-order valence-electron chi connectivity index (χ3n) is 5.31. The van der Waals surface area contributed by atoms with Crippen LogP contribution in [0.2, 0.25) is 0 Å². The van der Waals surface area contributed by atoms with Crippen LogP contribution in [0.3, 0.4) is 0 Å². The topological polar surface area (TPSA) is 107 Å². The number of pyridine rings is 1. The first-order valence-corrected chi connectivity index (χ1v) is 11.6. The second kappa shape index (κ2) is 10.3. The highest BCUT2D eigenvalue weighted by molar-refractivity contribution is 7.16. The number of halogens is 3. The zero-order valence-corrected chi connectivity index (χ0v) is 19.7. The molecule has 4 rings (SSSR count). The Hall–Kier alpha value is -3.95. The fourth-order valence-electron chi connectivity index (χ4n) is 3.38. The van der Waals surface area contributed by atoms with Crippen molar-refractivity contribution < 1.29 is 27.9 Å². The number of alkyl halides is 3. The van der Waals surface area contributed by atoms with Gasteiger partial charge in [0.2, 0.25) is 0 Å². The summed E-state index contributed by atoms with van der Waals surface area (Å²) in [6.07, 6.45) is -2.10. The number of urea groups is 1. The normalized spacial score (nSPS) is 15.2. The van der Waals surface area contributed by atoms with E-state index in [2.05, 4.69) is 32.4 Å². The molecule has 0 bridgehead atoms. The minimum Gasteiger partial charge on any atom is -0.391 e. The van der Waals surface area contributed by atoms with E-state index in [4.69, 9.17) is 0 Å². The molecule has 2 aromatic heterocycles. The molecule has 1 aromatic carbocycles. The molecule has 186 valence electrons. The minimum atomic E-state index is -4.58. The molecule has 1 saturated heterocycles. The summed E-state index contributed by atoms with van der Waals surface area (Å²) in [5.74, 6) is 5.17. The van der Waals surface area contributed by atoms with Crippen molar-refractivity contribution >= 4 is 34.1 Å². The second-order valence-corrected chi connectivity index (χ2v) is 9.04. The summed E-state index contributed by atoms with van der Waals surface area (Å²) in [6.45, 7) is 2.58. The summed E-state index contributed by atoms with van der Waals surface area (Å²) in [5, 5.41) is 15.2. The van der Waals surface area contributed by atoms with Crippen LogP contribution in [0.4, 0.5) is 28.8 Å². The number of hydrogen-bond acceptors (Lipinski definition) is 6. The predicted molar refractivity (Wildman–Crippen MR) is 128 cm³/mol. The number of amides is 3. The van der Waals surface area contributed by atoms with E-state index in [1.54, 1.807) is 18.2 Å². The summed E-state index contributed by atoms with van der Waals surface area (Å²) in [6, 6.07) is 6.09. The Morgan fingerprint density at radius 2 is 1.97 bits per heavy atom. The fraction of sp³-hybridized carbons (Fsp3) is 0.250. The monoisotopic (exact) mass is 515 g/mol. The van der Waals surface area contributed by atoms with Crippen molar-refractivity contribution in [1.29, 1.82) is 0 Å². The summed E-state index contributed by atoms with van der Waals surface area (Å²) in [4.78, 5) is 34.6. The van der Waals surface area contributed by atoms with Gasteiger partial charge in [0.05, 0.1) is 22.7 Å². The SMILES string of the molecule is Cc1ccc(NC(=O)c2cc(C(F)(F)F)ccn2)cc1C#Cc1cnc(NC(=O)N2CC[C@H](O)C2)s1. The van der Waals surface area contributed by atoms with Gasteiger partial charge in [-0.25, -0.2) is 9.78 Å². The van der Waals surface area contributed by atoms with E-state index in [1.807, 2.05) is 6.92 Å². The molecule has 1 aliphatic heterocycles. The number of rotatable bonds is 3. The van der Waals surface area contributed by atoms with Gasteiger partial charge in [0.25, 0.3) is 5.91 Å². The maximum atomic E-state index is 12.9. The first-order chi connectivity index (χ1) is 17.1. The van der Waals surface area contributed by atoms with E-state index >= 15 is 0 Å². The molecule has 1 fully saturated rings. The number of nitrogens with one attached hydrogen (secondary N) is 2. The Kier molecular flexibility index (Phi) is 7.23. The highest BCUT2D eigenvalue weighted by Gasteiger charge is 2.31. The van der Waals surface area contributed by atoms with E-state index in [1.165, 1.54) is 22.4 Å². The summed E-state index contributed by atoms with van der Waals surface area (Å²) in [5.41, 5.74) is 0.439. The van der Waals surface area contributed by atoms with Crippen LogP contribution in [0.5, 0.6) is 0 Å². The van der Waals surface area contributed by atoms with Crippen LogP contribution in [-0.4, -0.2) is 51.1 Å². The number of carbonyl (C=O) groups excluding carboxylic acids is 2. The molecule has 8 nitrogen and oxygen atoms in total. The quantitative estimate of drug-likeness (QED) is 0.455. The lowest BCUT2D eigenvalue weighted by Crippen LogP contribution is -2.33. The molecule has 0 spiro atoms. The van der Waals surface area contributed by atoms with Gasteiger partial charge < -0.3 is 15.3 Å². The first kappa shape index (κ1) is 25.2. The number of β-amino-alcohol motifs (C(OH)–C–C–N with tert-alkyl or cyclic N) is 1. The standard InChI is InChI=1S/C24H20F3N5O3S/c1-14-2-4-17(30-21(34)20-11-16(6-8-28-20)24(25,26)27)10-15(14)3-5-19-12-29-22(36-19)31-23(35)32-9-7-18(33)13-32/h2,4,6,8,10-12,18,33H,7,9,13H2,1H3,(H,30,34)(H,29,31,35)/t18-/m0/s1. The molecule has 3 aromatic rings. The van der Waals surface area contributed by atoms with E-state index in [0.717, 1.165) is 17.8 Å². The Bertz CT molecular complexity index is 1360. The van der Waals surface area contributed by atoms with Gasteiger partial charge in [-0.15, -0.1) is 0 Å². The predicted octanol–water partition coefficient (Wildman–Crippen LogP) is 4.12. The molecule has 3 heterocycles. The number of aliphatic hydroxyl groups is 1. The number of aryl methyl sites for hydroxylation is 1. The largest absolute Gasteiger partial charge is 0.416 e. The Morgan fingerprint density at radius 1 is 1.17 bits per heavy atom. The van der Waals surface area contributed by atoms with Crippen molar-refractivity contribution in [3.8, 4) is 11.8 Å². The average Bonchev–Trinajstić information content (AvgIpc) is 3.47. The molecule has 0 radical (unpaired) electrons. The van der Waals surface area contributed by atoms with Crippen molar-refractivity contribution in [2.75, 3.05) is 23.7 Å². The van der Waals surface area contributed by atoms with Crippen molar-refractivity contribution in [1.82, 2.24) is 14.9 Å². The average molecular weight is 516 g/mol. The number of anilines is 2. The number of aromatic nitrogens is 2. The highest BCUT2D eigenvalue weighted by atomic mass is 32.1. The molecule has 36 heavy (non-hydrogen) atoms. The number of nitrogens with zero attached hydrogens (tertiary/aromatic N) is 3. The fourth-order valence-corrected chi connectivity index (χ4v) is 4.04. The Balaban J connectivity index is 1.44. The number of thiazole rings is 1. The number of likely N-dealkylation sites (tertiary alicyclic amines) is 1. The van der Waals surface area contributed by atoms with Gasteiger partial charge >= 0.3 is 12.2 Å². The lowest BCUT2D eigenvalue weighted by molar-refractivity contribution is -0.137. The maximum absolute atomic E-state index is 12.9. The molecule has 3 amide bonds. The van der Waals surface area contributed by atoms with Crippen LogP contribution >= 0.6 is 11.3 Å². The van der Waals surface area contributed by atoms with Gasteiger partial charge in [-0.05, 0) is 49.1 Å². The van der Waals surface area contributed by atoms with Crippen LogP contribution in [0.1, 0.15) is 38.5 Å². The summed E-state index contributed by atoms with van der Waals surface area (Å²) >= 11 is 1.19. The molecule has 0 aliphatic carbocycles. The first-order valence-electron chi connectivity index (χ1n) is 10.8. The van der Waals surface area contributed by atoms with Gasteiger partial charge in [-0.3, -0.25) is 15.1 Å². The number of benzene rings is 1. The van der Waals surface area contributed by atoms with Crippen molar-refractivity contribution in [3.63, 3.8) is 0 Å². The van der Waals surface area contributed by atoms with E-state index in [-0.39, 0.29) is 18.3 Å². The van der Waals surface area contributed by atoms with Gasteiger partial charge in [0, 0.05) is 30.5 Å². The van der Waals surface area contributed by atoms with Crippen LogP contribution < -0.4 is 10.6 Å². The van der Waals surface area contributed by atoms with Crippen LogP contribution in [0, 0.1) is 18.8 Å². The summed E-state index contributed by atoms with van der Waals surface area (Å²) in [7, 11) is 0. The molecule has 1 atom stereocenters. The van der Waals surface area contributed by atoms with Crippen LogP contribution in [-0.2, 0) is 6.18 Å². The number of hydrogen-bond donors (Lipinski definition) is 3. The van der Waals surface area contributed by atoms with E-state index in [9.17, 15) is 27.9 Å². The van der Waals surface area contributed by atoms with Crippen LogP contribution in [0.25, 0.3) is 0 Å². The molecule has 12 heteroatoms. The van der Waals surface area contributed by atoms with Crippen molar-refractivity contribution in [2.45, 2.75) is 25.6 Å². The van der Waals surface area contributed by atoms with Crippen molar-refractivity contribution in [3.05, 3.63) is 70.0 Å². The lowest BCUT2D eigenvalue weighted by atomic mass is 10.1. The molecule has 3 N–H and O–H groups in total. The van der Waals surface area contributed by atoms with E-state index in [0.29, 0.717) is 40.3 Å². The summed E-state index contributed by atoms with van der Waals surface area (Å²) < 4.78 is 38.8. The lowest BCUT2D eigenvalue weighted by Gasteiger charge is -2.14. The van der Waals surface area contributed by atoms with Crippen molar-refractivity contribution in [2.24, 2.45) is 0 Å². The molecule has 0 unspecified atom stereocenters. The number of aliphatic hydroxyl groups excluding tert-OH is 1. The zero-order valence-electron chi connectivity index (χ0n) is 18.9. The Labute approximate surface area is 208 Å². The van der Waals surface area contributed by atoms with Gasteiger partial charge in [0.1, 0.15) is 5.69 Å². The Morgan fingerprint density at radius 3 is 2.69 bits per heavy atom. The highest BCUT2D eigenvalue weighted by Crippen LogP contribution is 2.29. The van der Waals surface area contributed by atoms with Gasteiger partial charge in [0.15, 0.2) is 5.13 Å². The maximum Gasteiger partial charge on any atom is 0.416 e.